The predicted octanol–water partition coefficient (Wildman–Crippen LogP) is 3.18. The van der Waals surface area contributed by atoms with E-state index in [2.05, 4.69) is 11.2 Å². The van der Waals surface area contributed by atoms with E-state index >= 15 is 0 Å². The van der Waals surface area contributed by atoms with Crippen molar-refractivity contribution < 1.29 is 9.53 Å². The lowest BCUT2D eigenvalue weighted by atomic mass is 10.0. The lowest BCUT2D eigenvalue weighted by molar-refractivity contribution is 0.0526. The number of aromatic nitrogens is 2. The van der Waals surface area contributed by atoms with Crippen LogP contribution in [0.2, 0.25) is 0 Å². The average molecular weight is 266 g/mol. The molecule has 100 valence electrons. The summed E-state index contributed by atoms with van der Waals surface area (Å²) in [6, 6.07) is 13.4. The second kappa shape index (κ2) is 5.17. The Morgan fingerprint density at radius 2 is 1.95 bits per heavy atom. The smallest absolute Gasteiger partial charge is 0.338 e. The fraction of sp³-hybridized carbons (Fsp3) is 0.125. The summed E-state index contributed by atoms with van der Waals surface area (Å²) in [4.78, 5) is 11.6. The van der Waals surface area contributed by atoms with E-state index in [1.807, 2.05) is 35.0 Å². The number of pyridine rings is 1. The minimum Gasteiger partial charge on any atom is -0.462 e. The Kier molecular flexibility index (Phi) is 3.21. The first-order valence-electron chi connectivity index (χ1n) is 6.49. The van der Waals surface area contributed by atoms with Gasteiger partial charge in [-0.05, 0) is 48.4 Å². The van der Waals surface area contributed by atoms with E-state index in [9.17, 15) is 4.79 Å². The fourth-order valence-corrected chi connectivity index (χ4v) is 2.11. The van der Waals surface area contributed by atoms with Gasteiger partial charge in [-0.25, -0.2) is 9.31 Å². The van der Waals surface area contributed by atoms with Crippen molar-refractivity contribution in [3.8, 4) is 11.1 Å². The van der Waals surface area contributed by atoms with Gasteiger partial charge >= 0.3 is 5.97 Å². The lowest BCUT2D eigenvalue weighted by Gasteiger charge is -2.05. The number of ether oxygens (including phenoxy) is 1. The molecule has 0 N–H and O–H groups in total. The van der Waals surface area contributed by atoms with Crippen molar-refractivity contribution in [1.29, 1.82) is 0 Å². The highest BCUT2D eigenvalue weighted by Gasteiger charge is 2.06. The van der Waals surface area contributed by atoms with Crippen molar-refractivity contribution >= 4 is 11.5 Å². The van der Waals surface area contributed by atoms with E-state index in [0.717, 1.165) is 16.6 Å². The van der Waals surface area contributed by atoms with Gasteiger partial charge in [-0.15, -0.1) is 0 Å². The van der Waals surface area contributed by atoms with Crippen molar-refractivity contribution in [2.75, 3.05) is 6.61 Å². The number of benzene rings is 1. The Morgan fingerprint density at radius 3 is 2.70 bits per heavy atom. The highest BCUT2D eigenvalue weighted by Crippen LogP contribution is 2.21. The topological polar surface area (TPSA) is 43.6 Å². The molecule has 4 nitrogen and oxygen atoms in total. The molecule has 1 aromatic carbocycles. The molecule has 4 heteroatoms. The molecule has 0 bridgehead atoms. The number of hydrogen-bond donors (Lipinski definition) is 0. The molecule has 0 aliphatic heterocycles. The monoisotopic (exact) mass is 266 g/mol. The van der Waals surface area contributed by atoms with Crippen molar-refractivity contribution in [2.24, 2.45) is 0 Å². The minimum atomic E-state index is -0.287. The van der Waals surface area contributed by atoms with Crippen molar-refractivity contribution in [3.63, 3.8) is 0 Å². The molecule has 0 fully saturated rings. The summed E-state index contributed by atoms with van der Waals surface area (Å²) in [7, 11) is 0. The van der Waals surface area contributed by atoms with Crippen LogP contribution in [0.5, 0.6) is 0 Å². The highest BCUT2D eigenvalue weighted by molar-refractivity contribution is 5.90. The lowest BCUT2D eigenvalue weighted by Crippen LogP contribution is -2.03. The van der Waals surface area contributed by atoms with E-state index in [1.54, 1.807) is 25.3 Å². The van der Waals surface area contributed by atoms with Crippen LogP contribution in [0.3, 0.4) is 0 Å². The summed E-state index contributed by atoms with van der Waals surface area (Å²) >= 11 is 0. The molecule has 2 heterocycles. The number of rotatable bonds is 3. The first-order chi connectivity index (χ1) is 9.78. The number of carbonyl (C=O) groups is 1. The Bertz CT molecular complexity index is 745. The summed E-state index contributed by atoms with van der Waals surface area (Å²) in [6.45, 7) is 2.19. The van der Waals surface area contributed by atoms with Gasteiger partial charge in [0, 0.05) is 12.4 Å². The first-order valence-corrected chi connectivity index (χ1v) is 6.49. The summed E-state index contributed by atoms with van der Waals surface area (Å²) in [6.07, 6.45) is 3.69. The van der Waals surface area contributed by atoms with Gasteiger partial charge in [0.05, 0.1) is 17.7 Å². The molecule has 20 heavy (non-hydrogen) atoms. The molecular weight excluding hydrogens is 252 g/mol. The number of nitrogens with zero attached hydrogens (tertiary/aromatic N) is 2. The standard InChI is InChI=1S/C16H14N2O2/c1-2-20-16(19)13-5-3-12(4-6-13)14-8-10-18-15(11-14)7-9-17-18/h3-11H,2H2,1H3. The van der Waals surface area contributed by atoms with Gasteiger partial charge in [0.2, 0.25) is 0 Å². The highest BCUT2D eigenvalue weighted by atomic mass is 16.5. The van der Waals surface area contributed by atoms with Crippen molar-refractivity contribution in [1.82, 2.24) is 9.61 Å². The molecule has 0 saturated carbocycles. The number of fused-ring (bicyclic) bond motifs is 1. The van der Waals surface area contributed by atoms with Crippen LogP contribution in [0.4, 0.5) is 0 Å². The molecule has 0 spiro atoms. The summed E-state index contributed by atoms with van der Waals surface area (Å²) in [5.74, 6) is -0.287. The maximum atomic E-state index is 11.6. The fourth-order valence-electron chi connectivity index (χ4n) is 2.11. The van der Waals surface area contributed by atoms with Crippen molar-refractivity contribution in [2.45, 2.75) is 6.92 Å². The number of carbonyl (C=O) groups excluding carboxylic acids is 1. The molecule has 3 rings (SSSR count). The van der Waals surface area contributed by atoms with Crippen LogP contribution in [0.15, 0.2) is 54.9 Å². The van der Waals surface area contributed by atoms with Gasteiger partial charge in [-0.2, -0.15) is 5.10 Å². The van der Waals surface area contributed by atoms with Crippen LogP contribution < -0.4 is 0 Å². The van der Waals surface area contributed by atoms with Gasteiger partial charge in [0.15, 0.2) is 0 Å². The molecule has 0 amide bonds. The molecule has 2 aromatic heterocycles. The molecule has 0 saturated heterocycles. The number of hydrogen-bond acceptors (Lipinski definition) is 3. The first kappa shape index (κ1) is 12.4. The van der Waals surface area contributed by atoms with Crippen LogP contribution in [0.25, 0.3) is 16.6 Å². The van der Waals surface area contributed by atoms with Crippen LogP contribution in [0.1, 0.15) is 17.3 Å². The third kappa shape index (κ3) is 2.28. The Morgan fingerprint density at radius 1 is 1.15 bits per heavy atom. The predicted molar refractivity (Wildman–Crippen MR) is 76.6 cm³/mol. The van der Waals surface area contributed by atoms with Gasteiger partial charge in [0.25, 0.3) is 0 Å². The van der Waals surface area contributed by atoms with Crippen molar-refractivity contribution in [3.05, 3.63) is 60.4 Å². The largest absolute Gasteiger partial charge is 0.462 e. The summed E-state index contributed by atoms with van der Waals surface area (Å²) in [5.41, 5.74) is 3.76. The molecule has 0 aliphatic carbocycles. The Labute approximate surface area is 116 Å². The summed E-state index contributed by atoms with van der Waals surface area (Å²) < 4.78 is 6.79. The second-order valence-electron chi connectivity index (χ2n) is 4.41. The van der Waals surface area contributed by atoms with Gasteiger partial charge in [0.1, 0.15) is 0 Å². The molecular formula is C16H14N2O2. The third-order valence-electron chi connectivity index (χ3n) is 3.13. The average Bonchev–Trinajstić information content (AvgIpc) is 2.95. The second-order valence-corrected chi connectivity index (χ2v) is 4.41. The maximum absolute atomic E-state index is 11.6. The zero-order valence-corrected chi connectivity index (χ0v) is 11.1. The molecule has 0 unspecified atom stereocenters. The zero-order valence-electron chi connectivity index (χ0n) is 11.1. The molecule has 0 aliphatic rings. The number of esters is 1. The summed E-state index contributed by atoms with van der Waals surface area (Å²) in [5, 5.41) is 4.17. The van der Waals surface area contributed by atoms with E-state index in [0.29, 0.717) is 12.2 Å². The van der Waals surface area contributed by atoms with Gasteiger partial charge in [-0.3, -0.25) is 0 Å². The maximum Gasteiger partial charge on any atom is 0.338 e. The molecule has 0 radical (unpaired) electrons. The van der Waals surface area contributed by atoms with E-state index < -0.39 is 0 Å². The van der Waals surface area contributed by atoms with Gasteiger partial charge in [-0.1, -0.05) is 12.1 Å². The van der Waals surface area contributed by atoms with Crippen LogP contribution in [-0.2, 0) is 4.74 Å². The Balaban J connectivity index is 1.92. The van der Waals surface area contributed by atoms with E-state index in [4.69, 9.17) is 4.74 Å². The normalized spacial score (nSPS) is 10.7. The van der Waals surface area contributed by atoms with Gasteiger partial charge < -0.3 is 4.74 Å². The zero-order chi connectivity index (χ0) is 13.9. The molecule has 0 atom stereocenters. The SMILES string of the molecule is CCOC(=O)c1ccc(-c2ccn3nccc3c2)cc1. The van der Waals surface area contributed by atoms with Crippen LogP contribution in [0, 0.1) is 0 Å². The quantitative estimate of drug-likeness (QED) is 0.684. The van der Waals surface area contributed by atoms with E-state index in [1.165, 1.54) is 0 Å². The molecule has 3 aromatic rings. The Hall–Kier alpha value is -2.62. The van der Waals surface area contributed by atoms with E-state index in [-0.39, 0.29) is 5.97 Å². The third-order valence-corrected chi connectivity index (χ3v) is 3.13. The van der Waals surface area contributed by atoms with Crippen LogP contribution in [-0.4, -0.2) is 22.2 Å². The minimum absolute atomic E-state index is 0.287. The van der Waals surface area contributed by atoms with Crippen LogP contribution >= 0.6 is 0 Å².